The predicted octanol–water partition coefficient (Wildman–Crippen LogP) is 3.49. The smallest absolute Gasteiger partial charge is 0.253 e. The molecule has 172 valence electrons. The van der Waals surface area contributed by atoms with Crippen LogP contribution in [0, 0.1) is 5.92 Å². The SMILES string of the molecule is CCNC(=NCc1ccc(C(=O)N2CCCCC2)cc1)NCCCN1CCC(C)CC1. The van der Waals surface area contributed by atoms with Crippen molar-refractivity contribution >= 4 is 11.9 Å². The van der Waals surface area contributed by atoms with E-state index in [-0.39, 0.29) is 5.91 Å². The Morgan fingerprint density at radius 2 is 1.74 bits per heavy atom. The molecule has 0 spiro atoms. The second-order valence-electron chi connectivity index (χ2n) is 9.05. The van der Waals surface area contributed by atoms with Crippen LogP contribution in [0.5, 0.6) is 0 Å². The van der Waals surface area contributed by atoms with E-state index in [1.807, 2.05) is 29.2 Å². The Morgan fingerprint density at radius 1 is 1.03 bits per heavy atom. The maximum absolute atomic E-state index is 12.6. The van der Waals surface area contributed by atoms with Gasteiger partial charge in [0.25, 0.3) is 5.91 Å². The molecule has 2 aliphatic rings. The largest absolute Gasteiger partial charge is 0.357 e. The molecular weight excluding hydrogens is 386 g/mol. The van der Waals surface area contributed by atoms with Crippen molar-refractivity contribution in [1.29, 1.82) is 0 Å². The van der Waals surface area contributed by atoms with Gasteiger partial charge in [0.2, 0.25) is 0 Å². The van der Waals surface area contributed by atoms with E-state index >= 15 is 0 Å². The summed E-state index contributed by atoms with van der Waals surface area (Å²) < 4.78 is 0. The second-order valence-corrected chi connectivity index (χ2v) is 9.05. The van der Waals surface area contributed by atoms with Crippen molar-refractivity contribution in [3.63, 3.8) is 0 Å². The highest BCUT2D eigenvalue weighted by Crippen LogP contribution is 2.16. The molecule has 0 aromatic heterocycles. The first-order valence-corrected chi connectivity index (χ1v) is 12.3. The van der Waals surface area contributed by atoms with Gasteiger partial charge >= 0.3 is 0 Å². The van der Waals surface area contributed by atoms with Crippen LogP contribution in [0.1, 0.15) is 68.3 Å². The molecule has 6 heteroatoms. The second kappa shape index (κ2) is 12.7. The lowest BCUT2D eigenvalue weighted by Crippen LogP contribution is -2.39. The van der Waals surface area contributed by atoms with Crippen LogP contribution in [0.4, 0.5) is 0 Å². The molecule has 1 aromatic carbocycles. The monoisotopic (exact) mass is 427 g/mol. The molecule has 0 aliphatic carbocycles. The number of nitrogens with zero attached hydrogens (tertiary/aromatic N) is 3. The highest BCUT2D eigenvalue weighted by atomic mass is 16.2. The zero-order chi connectivity index (χ0) is 21.9. The third-order valence-electron chi connectivity index (χ3n) is 6.43. The Morgan fingerprint density at radius 3 is 2.42 bits per heavy atom. The number of carbonyl (C=O) groups excluding carboxylic acids is 1. The molecule has 2 fully saturated rings. The van der Waals surface area contributed by atoms with Crippen LogP contribution >= 0.6 is 0 Å². The molecule has 0 unspecified atom stereocenters. The normalized spacial score (nSPS) is 18.8. The number of amides is 1. The van der Waals surface area contributed by atoms with Gasteiger partial charge in [-0.2, -0.15) is 0 Å². The minimum Gasteiger partial charge on any atom is -0.357 e. The third-order valence-corrected chi connectivity index (χ3v) is 6.43. The van der Waals surface area contributed by atoms with E-state index in [4.69, 9.17) is 4.99 Å². The first-order chi connectivity index (χ1) is 15.2. The summed E-state index contributed by atoms with van der Waals surface area (Å²) in [4.78, 5) is 21.9. The van der Waals surface area contributed by atoms with Crippen molar-refractivity contribution in [3.05, 3.63) is 35.4 Å². The van der Waals surface area contributed by atoms with E-state index in [0.717, 1.165) is 75.0 Å². The van der Waals surface area contributed by atoms with Crippen molar-refractivity contribution in [3.8, 4) is 0 Å². The number of guanidine groups is 1. The summed E-state index contributed by atoms with van der Waals surface area (Å²) in [5.41, 5.74) is 1.90. The summed E-state index contributed by atoms with van der Waals surface area (Å²) >= 11 is 0. The molecule has 6 nitrogen and oxygen atoms in total. The van der Waals surface area contributed by atoms with E-state index in [1.54, 1.807) is 0 Å². The summed E-state index contributed by atoms with van der Waals surface area (Å²) in [5.74, 6) is 1.91. The molecule has 1 aromatic rings. The van der Waals surface area contributed by atoms with Crippen LogP contribution in [0.2, 0.25) is 0 Å². The van der Waals surface area contributed by atoms with Crippen LogP contribution < -0.4 is 10.6 Å². The summed E-state index contributed by atoms with van der Waals surface area (Å²) in [6.07, 6.45) is 7.28. The van der Waals surface area contributed by atoms with Crippen LogP contribution in [0.15, 0.2) is 29.3 Å². The zero-order valence-corrected chi connectivity index (χ0v) is 19.5. The van der Waals surface area contributed by atoms with Crippen molar-refractivity contribution in [2.45, 2.75) is 58.9 Å². The van der Waals surface area contributed by atoms with E-state index < -0.39 is 0 Å². The quantitative estimate of drug-likeness (QED) is 0.379. The fourth-order valence-electron chi connectivity index (χ4n) is 4.34. The Balaban J connectivity index is 1.43. The van der Waals surface area contributed by atoms with E-state index in [9.17, 15) is 4.79 Å². The first kappa shape index (κ1) is 23.6. The molecule has 0 saturated carbocycles. The summed E-state index contributed by atoms with van der Waals surface area (Å²) in [7, 11) is 0. The molecule has 2 heterocycles. The molecule has 0 bridgehead atoms. The van der Waals surface area contributed by atoms with Gasteiger partial charge < -0.3 is 20.4 Å². The minimum absolute atomic E-state index is 0.160. The van der Waals surface area contributed by atoms with E-state index in [0.29, 0.717) is 6.54 Å². The highest BCUT2D eigenvalue weighted by Gasteiger charge is 2.18. The Labute approximate surface area is 188 Å². The van der Waals surface area contributed by atoms with Crippen molar-refractivity contribution in [2.24, 2.45) is 10.9 Å². The van der Waals surface area contributed by atoms with Gasteiger partial charge in [-0.15, -0.1) is 0 Å². The van der Waals surface area contributed by atoms with Gasteiger partial charge in [0.05, 0.1) is 6.54 Å². The molecule has 31 heavy (non-hydrogen) atoms. The number of hydrogen-bond donors (Lipinski definition) is 2. The standard InChI is InChI=1S/C25H41N5O/c1-3-26-25(27-14-7-15-29-18-12-21(2)13-19-29)28-20-22-8-10-23(11-9-22)24(31)30-16-5-4-6-17-30/h8-11,21H,3-7,12-20H2,1-2H3,(H2,26,27,28). The Bertz CT molecular complexity index is 688. The van der Waals surface area contributed by atoms with Crippen LogP contribution in [0.3, 0.4) is 0 Å². The number of piperidine rings is 2. The van der Waals surface area contributed by atoms with Crippen LogP contribution in [-0.4, -0.2) is 67.5 Å². The third kappa shape index (κ3) is 7.84. The minimum atomic E-state index is 0.160. The van der Waals surface area contributed by atoms with Crippen molar-refractivity contribution in [1.82, 2.24) is 20.4 Å². The fourth-order valence-corrected chi connectivity index (χ4v) is 4.34. The lowest BCUT2D eigenvalue weighted by molar-refractivity contribution is 0.0724. The maximum Gasteiger partial charge on any atom is 0.253 e. The number of likely N-dealkylation sites (tertiary alicyclic amines) is 2. The van der Waals surface area contributed by atoms with Gasteiger partial charge in [0.15, 0.2) is 5.96 Å². The fraction of sp³-hybridized carbons (Fsp3) is 0.680. The Kier molecular flexibility index (Phi) is 9.66. The van der Waals surface area contributed by atoms with E-state index in [1.165, 1.54) is 32.4 Å². The van der Waals surface area contributed by atoms with Gasteiger partial charge in [-0.25, -0.2) is 4.99 Å². The molecule has 3 rings (SSSR count). The van der Waals surface area contributed by atoms with Gasteiger partial charge in [-0.05, 0) is 88.7 Å². The number of aliphatic imine (C=N–C) groups is 1. The molecule has 0 radical (unpaired) electrons. The van der Waals surface area contributed by atoms with E-state index in [2.05, 4.69) is 29.4 Å². The molecule has 0 atom stereocenters. The number of nitrogens with one attached hydrogen (secondary N) is 2. The number of carbonyl (C=O) groups is 1. The van der Waals surface area contributed by atoms with Crippen molar-refractivity contribution in [2.75, 3.05) is 45.8 Å². The van der Waals surface area contributed by atoms with Crippen LogP contribution in [0.25, 0.3) is 0 Å². The molecule has 2 N–H and O–H groups in total. The van der Waals surface area contributed by atoms with Gasteiger partial charge in [-0.3, -0.25) is 4.79 Å². The van der Waals surface area contributed by atoms with Gasteiger partial charge in [0, 0.05) is 31.7 Å². The molecule has 2 saturated heterocycles. The average Bonchev–Trinajstić information content (AvgIpc) is 2.82. The van der Waals surface area contributed by atoms with Gasteiger partial charge in [-0.1, -0.05) is 19.1 Å². The number of benzene rings is 1. The lowest BCUT2D eigenvalue weighted by Gasteiger charge is -2.30. The number of hydrogen-bond acceptors (Lipinski definition) is 3. The van der Waals surface area contributed by atoms with Crippen molar-refractivity contribution < 1.29 is 4.79 Å². The molecular formula is C25H41N5O. The highest BCUT2D eigenvalue weighted by molar-refractivity contribution is 5.94. The Hall–Kier alpha value is -2.08. The maximum atomic E-state index is 12.6. The predicted molar refractivity (Wildman–Crippen MR) is 128 cm³/mol. The topological polar surface area (TPSA) is 60.0 Å². The summed E-state index contributed by atoms with van der Waals surface area (Å²) in [5, 5.41) is 6.80. The molecule has 2 aliphatic heterocycles. The van der Waals surface area contributed by atoms with Crippen LogP contribution in [-0.2, 0) is 6.54 Å². The number of rotatable bonds is 8. The molecule has 1 amide bonds. The average molecular weight is 428 g/mol. The lowest BCUT2D eigenvalue weighted by atomic mass is 9.99. The summed E-state index contributed by atoms with van der Waals surface area (Å²) in [6.45, 7) is 12.3. The summed E-state index contributed by atoms with van der Waals surface area (Å²) in [6, 6.07) is 7.95. The zero-order valence-electron chi connectivity index (χ0n) is 19.5. The van der Waals surface area contributed by atoms with Gasteiger partial charge in [0.1, 0.15) is 0 Å². The first-order valence-electron chi connectivity index (χ1n) is 12.3.